The molecule has 90 valence electrons. The second-order valence-corrected chi connectivity index (χ2v) is 4.62. The largest absolute Gasteiger partial charge is 0.380 e. The molecule has 1 aromatic rings. The second kappa shape index (κ2) is 6.66. The molecule has 16 heavy (non-hydrogen) atoms. The standard InChI is InChI=1S/C14H23NO/c1-11(2)12(3)15-9-13-7-5-6-8-14(13)10-16-4/h5-8,11-12,15H,9-10H2,1-4H3. The van der Waals surface area contributed by atoms with Gasteiger partial charge in [0.25, 0.3) is 0 Å². The summed E-state index contributed by atoms with van der Waals surface area (Å²) in [5.41, 5.74) is 2.60. The number of benzene rings is 1. The van der Waals surface area contributed by atoms with Crippen LogP contribution in [0.1, 0.15) is 31.9 Å². The Labute approximate surface area is 99.0 Å². The number of hydrogen-bond acceptors (Lipinski definition) is 2. The fourth-order valence-corrected chi connectivity index (χ4v) is 1.53. The topological polar surface area (TPSA) is 21.3 Å². The molecular weight excluding hydrogens is 198 g/mol. The van der Waals surface area contributed by atoms with Gasteiger partial charge in [-0.05, 0) is 24.0 Å². The van der Waals surface area contributed by atoms with Gasteiger partial charge in [0.1, 0.15) is 0 Å². The lowest BCUT2D eigenvalue weighted by Crippen LogP contribution is -2.30. The Balaban J connectivity index is 2.58. The maximum absolute atomic E-state index is 5.20. The number of methoxy groups -OCH3 is 1. The van der Waals surface area contributed by atoms with E-state index in [1.54, 1.807) is 7.11 Å². The Morgan fingerprint density at radius 2 is 1.75 bits per heavy atom. The minimum Gasteiger partial charge on any atom is -0.380 e. The molecule has 1 N–H and O–H groups in total. The highest BCUT2D eigenvalue weighted by atomic mass is 16.5. The Kier molecular flexibility index (Phi) is 5.50. The van der Waals surface area contributed by atoms with E-state index in [-0.39, 0.29) is 0 Å². The number of ether oxygens (including phenoxy) is 1. The minimum atomic E-state index is 0.538. The summed E-state index contributed by atoms with van der Waals surface area (Å²) in [7, 11) is 1.74. The summed E-state index contributed by atoms with van der Waals surface area (Å²) in [5.74, 6) is 0.662. The molecule has 0 aliphatic carbocycles. The van der Waals surface area contributed by atoms with Gasteiger partial charge in [0.15, 0.2) is 0 Å². The number of hydrogen-bond donors (Lipinski definition) is 1. The van der Waals surface area contributed by atoms with Crippen molar-refractivity contribution in [1.29, 1.82) is 0 Å². The first-order chi connectivity index (χ1) is 7.65. The summed E-state index contributed by atoms with van der Waals surface area (Å²) >= 11 is 0. The summed E-state index contributed by atoms with van der Waals surface area (Å²) in [6.07, 6.45) is 0. The molecule has 0 saturated heterocycles. The van der Waals surface area contributed by atoms with Crippen molar-refractivity contribution in [3.05, 3.63) is 35.4 Å². The van der Waals surface area contributed by atoms with Crippen molar-refractivity contribution in [2.75, 3.05) is 7.11 Å². The molecule has 2 nitrogen and oxygen atoms in total. The Morgan fingerprint density at radius 3 is 2.31 bits per heavy atom. The predicted molar refractivity (Wildman–Crippen MR) is 68.3 cm³/mol. The summed E-state index contributed by atoms with van der Waals surface area (Å²) < 4.78 is 5.20. The second-order valence-electron chi connectivity index (χ2n) is 4.62. The van der Waals surface area contributed by atoms with Crippen molar-refractivity contribution in [3.63, 3.8) is 0 Å². The first-order valence-corrected chi connectivity index (χ1v) is 5.94. The van der Waals surface area contributed by atoms with Crippen LogP contribution < -0.4 is 5.32 Å². The van der Waals surface area contributed by atoms with Gasteiger partial charge in [-0.3, -0.25) is 0 Å². The highest BCUT2D eigenvalue weighted by Gasteiger charge is 2.07. The lowest BCUT2D eigenvalue weighted by molar-refractivity contribution is 0.184. The van der Waals surface area contributed by atoms with E-state index < -0.39 is 0 Å². The van der Waals surface area contributed by atoms with Crippen LogP contribution in [0.25, 0.3) is 0 Å². The normalized spacial score (nSPS) is 13.1. The Hall–Kier alpha value is -0.860. The predicted octanol–water partition coefficient (Wildman–Crippen LogP) is 2.97. The maximum Gasteiger partial charge on any atom is 0.0716 e. The lowest BCUT2D eigenvalue weighted by atomic mass is 10.0. The quantitative estimate of drug-likeness (QED) is 0.797. The lowest BCUT2D eigenvalue weighted by Gasteiger charge is -2.18. The molecule has 0 aromatic heterocycles. The molecule has 0 bridgehead atoms. The van der Waals surface area contributed by atoms with E-state index in [0.717, 1.165) is 6.54 Å². The van der Waals surface area contributed by atoms with Crippen molar-refractivity contribution in [3.8, 4) is 0 Å². The third-order valence-corrected chi connectivity index (χ3v) is 3.03. The van der Waals surface area contributed by atoms with E-state index >= 15 is 0 Å². The van der Waals surface area contributed by atoms with Crippen LogP contribution >= 0.6 is 0 Å². The third kappa shape index (κ3) is 3.95. The zero-order valence-electron chi connectivity index (χ0n) is 10.8. The van der Waals surface area contributed by atoms with E-state index in [9.17, 15) is 0 Å². The van der Waals surface area contributed by atoms with Crippen molar-refractivity contribution in [2.45, 2.75) is 40.0 Å². The first-order valence-electron chi connectivity index (χ1n) is 5.94. The summed E-state index contributed by atoms with van der Waals surface area (Å²) in [5, 5.41) is 3.54. The highest BCUT2D eigenvalue weighted by Crippen LogP contribution is 2.10. The molecule has 0 radical (unpaired) electrons. The monoisotopic (exact) mass is 221 g/mol. The zero-order valence-corrected chi connectivity index (χ0v) is 10.8. The molecular formula is C14H23NO. The van der Waals surface area contributed by atoms with Crippen molar-refractivity contribution >= 4 is 0 Å². The van der Waals surface area contributed by atoms with E-state index in [1.165, 1.54) is 11.1 Å². The van der Waals surface area contributed by atoms with Gasteiger partial charge < -0.3 is 10.1 Å². The number of nitrogens with one attached hydrogen (secondary N) is 1. The maximum atomic E-state index is 5.20. The molecule has 2 heteroatoms. The summed E-state index contributed by atoms with van der Waals surface area (Å²) in [6, 6.07) is 8.96. The Bertz CT molecular complexity index is 309. The van der Waals surface area contributed by atoms with Gasteiger partial charge in [-0.15, -0.1) is 0 Å². The molecule has 1 rings (SSSR count). The first kappa shape index (κ1) is 13.2. The summed E-state index contributed by atoms with van der Waals surface area (Å²) in [6.45, 7) is 8.30. The van der Waals surface area contributed by atoms with Crippen LogP contribution in [-0.4, -0.2) is 13.2 Å². The molecule has 0 aliphatic heterocycles. The molecule has 0 fully saturated rings. The van der Waals surface area contributed by atoms with Gasteiger partial charge in [-0.2, -0.15) is 0 Å². The molecule has 0 amide bonds. The van der Waals surface area contributed by atoms with Crippen LogP contribution in [0.4, 0.5) is 0 Å². The van der Waals surface area contributed by atoms with E-state index in [4.69, 9.17) is 4.74 Å². The fourth-order valence-electron chi connectivity index (χ4n) is 1.53. The average Bonchev–Trinajstić information content (AvgIpc) is 2.27. The minimum absolute atomic E-state index is 0.538. The highest BCUT2D eigenvalue weighted by molar-refractivity contribution is 5.26. The van der Waals surface area contributed by atoms with Gasteiger partial charge in [-0.1, -0.05) is 38.1 Å². The molecule has 1 unspecified atom stereocenters. The van der Waals surface area contributed by atoms with E-state index in [2.05, 4.69) is 50.4 Å². The number of rotatable bonds is 6. The van der Waals surface area contributed by atoms with Gasteiger partial charge in [-0.25, -0.2) is 0 Å². The Morgan fingerprint density at radius 1 is 1.12 bits per heavy atom. The van der Waals surface area contributed by atoms with Crippen molar-refractivity contribution < 1.29 is 4.74 Å². The van der Waals surface area contributed by atoms with E-state index in [1.807, 2.05) is 0 Å². The van der Waals surface area contributed by atoms with Crippen LogP contribution in [0.2, 0.25) is 0 Å². The van der Waals surface area contributed by atoms with Crippen LogP contribution in [-0.2, 0) is 17.9 Å². The van der Waals surface area contributed by atoms with Gasteiger partial charge in [0, 0.05) is 19.7 Å². The fraction of sp³-hybridized carbons (Fsp3) is 0.571. The van der Waals surface area contributed by atoms with E-state index in [0.29, 0.717) is 18.6 Å². The third-order valence-electron chi connectivity index (χ3n) is 3.03. The van der Waals surface area contributed by atoms with Crippen LogP contribution in [0.15, 0.2) is 24.3 Å². The van der Waals surface area contributed by atoms with Gasteiger partial charge in [0.2, 0.25) is 0 Å². The zero-order chi connectivity index (χ0) is 12.0. The van der Waals surface area contributed by atoms with Crippen LogP contribution in [0.3, 0.4) is 0 Å². The summed E-state index contributed by atoms with van der Waals surface area (Å²) in [4.78, 5) is 0. The molecule has 1 atom stereocenters. The van der Waals surface area contributed by atoms with Gasteiger partial charge >= 0.3 is 0 Å². The molecule has 1 aromatic carbocycles. The van der Waals surface area contributed by atoms with Gasteiger partial charge in [0.05, 0.1) is 6.61 Å². The average molecular weight is 221 g/mol. The molecule has 0 spiro atoms. The SMILES string of the molecule is COCc1ccccc1CNC(C)C(C)C. The van der Waals surface area contributed by atoms with Crippen LogP contribution in [0.5, 0.6) is 0 Å². The smallest absolute Gasteiger partial charge is 0.0716 e. The van der Waals surface area contributed by atoms with Crippen LogP contribution in [0, 0.1) is 5.92 Å². The van der Waals surface area contributed by atoms with Crippen molar-refractivity contribution in [1.82, 2.24) is 5.32 Å². The molecule has 0 heterocycles. The molecule has 0 saturated carbocycles. The molecule has 0 aliphatic rings. The van der Waals surface area contributed by atoms with Crippen molar-refractivity contribution in [2.24, 2.45) is 5.92 Å².